The largest absolute Gasteiger partial charge is 0.466 e. The number of rotatable bonds is 55. The number of hydrogen-bond acceptors (Lipinski definition) is 5. The SMILES string of the molecule is CCCCCCCCCCCCCCCCCCCCCCCCC(O)C(CO)NC(=O)CCCCCCCC/C=C\C=C/CCCCCOC(=O)CCCCCCCCCCCCCC. The monoisotopic (exact) mass is 930 g/mol. The lowest BCUT2D eigenvalue weighted by atomic mass is 10.0. The van der Waals surface area contributed by atoms with E-state index in [9.17, 15) is 19.8 Å². The van der Waals surface area contributed by atoms with Gasteiger partial charge < -0.3 is 20.3 Å². The van der Waals surface area contributed by atoms with Crippen LogP contribution in [0.25, 0.3) is 0 Å². The fourth-order valence-corrected chi connectivity index (χ4v) is 9.22. The van der Waals surface area contributed by atoms with Crippen LogP contribution < -0.4 is 5.32 Å². The Morgan fingerprint density at radius 2 is 0.742 bits per heavy atom. The lowest BCUT2D eigenvalue weighted by Crippen LogP contribution is -2.45. The van der Waals surface area contributed by atoms with Gasteiger partial charge in [0.15, 0.2) is 0 Å². The molecule has 0 saturated heterocycles. The van der Waals surface area contributed by atoms with E-state index in [1.54, 1.807) is 0 Å². The number of carbonyl (C=O) groups is 2. The molecule has 0 aliphatic carbocycles. The molecule has 0 radical (unpaired) electrons. The number of amides is 1. The van der Waals surface area contributed by atoms with Crippen LogP contribution in [0.3, 0.4) is 0 Å². The highest BCUT2D eigenvalue weighted by Crippen LogP contribution is 2.17. The van der Waals surface area contributed by atoms with Crippen molar-refractivity contribution in [3.63, 3.8) is 0 Å². The van der Waals surface area contributed by atoms with Crippen molar-refractivity contribution < 1.29 is 24.5 Å². The second-order valence-corrected chi connectivity index (χ2v) is 20.4. The van der Waals surface area contributed by atoms with E-state index in [1.165, 1.54) is 212 Å². The zero-order chi connectivity index (χ0) is 47.9. The summed E-state index contributed by atoms with van der Waals surface area (Å²) in [6.45, 7) is 4.91. The number of aliphatic hydroxyl groups excluding tert-OH is 2. The quantitative estimate of drug-likeness (QED) is 0.0321. The Morgan fingerprint density at radius 3 is 1.12 bits per heavy atom. The van der Waals surface area contributed by atoms with Crippen LogP contribution in [0.2, 0.25) is 0 Å². The van der Waals surface area contributed by atoms with Gasteiger partial charge in [-0.3, -0.25) is 9.59 Å². The predicted octanol–water partition coefficient (Wildman–Crippen LogP) is 18.2. The Kier molecular flexibility index (Phi) is 54.5. The first-order chi connectivity index (χ1) is 32.5. The Hall–Kier alpha value is -1.66. The molecule has 2 unspecified atom stereocenters. The smallest absolute Gasteiger partial charge is 0.305 e. The summed E-state index contributed by atoms with van der Waals surface area (Å²) >= 11 is 0. The lowest BCUT2D eigenvalue weighted by molar-refractivity contribution is -0.143. The average Bonchev–Trinajstić information content (AvgIpc) is 3.32. The maximum Gasteiger partial charge on any atom is 0.305 e. The van der Waals surface area contributed by atoms with Crippen molar-refractivity contribution in [1.29, 1.82) is 0 Å². The highest BCUT2D eigenvalue weighted by atomic mass is 16.5. The van der Waals surface area contributed by atoms with Crippen molar-refractivity contribution in [3.05, 3.63) is 24.3 Å². The molecule has 0 spiro atoms. The summed E-state index contributed by atoms with van der Waals surface area (Å²) in [5.41, 5.74) is 0. The molecule has 0 aliphatic rings. The number of carbonyl (C=O) groups excluding carboxylic acids is 2. The summed E-state index contributed by atoms with van der Waals surface area (Å²) in [6, 6.07) is -0.558. The van der Waals surface area contributed by atoms with E-state index in [2.05, 4.69) is 43.5 Å². The molecule has 0 fully saturated rings. The average molecular weight is 931 g/mol. The van der Waals surface area contributed by atoms with Crippen LogP contribution in [0.15, 0.2) is 24.3 Å². The minimum absolute atomic E-state index is 0.0204. The second-order valence-electron chi connectivity index (χ2n) is 20.4. The van der Waals surface area contributed by atoms with E-state index in [0.29, 0.717) is 25.9 Å². The van der Waals surface area contributed by atoms with E-state index >= 15 is 0 Å². The van der Waals surface area contributed by atoms with Gasteiger partial charge in [-0.25, -0.2) is 0 Å². The number of esters is 1. The third-order valence-corrected chi connectivity index (χ3v) is 13.8. The zero-order valence-electron chi connectivity index (χ0n) is 44.4. The number of nitrogens with one attached hydrogen (secondary N) is 1. The van der Waals surface area contributed by atoms with Crippen molar-refractivity contribution >= 4 is 11.9 Å². The molecule has 0 aromatic heterocycles. The molecular weight excluding hydrogens is 815 g/mol. The van der Waals surface area contributed by atoms with E-state index in [0.717, 1.165) is 77.0 Å². The highest BCUT2D eigenvalue weighted by molar-refractivity contribution is 5.76. The van der Waals surface area contributed by atoms with Gasteiger partial charge in [0, 0.05) is 12.8 Å². The number of allylic oxidation sites excluding steroid dienone is 4. The molecule has 1 amide bonds. The molecule has 0 heterocycles. The van der Waals surface area contributed by atoms with Crippen molar-refractivity contribution in [1.82, 2.24) is 5.32 Å². The van der Waals surface area contributed by atoms with Crippen LogP contribution in [0.4, 0.5) is 0 Å². The first kappa shape index (κ1) is 64.3. The lowest BCUT2D eigenvalue weighted by Gasteiger charge is -2.22. The fourth-order valence-electron chi connectivity index (χ4n) is 9.22. The van der Waals surface area contributed by atoms with Gasteiger partial charge in [0.25, 0.3) is 0 Å². The number of unbranched alkanes of at least 4 members (excludes halogenated alkanes) is 41. The molecule has 0 bridgehead atoms. The molecule has 6 heteroatoms. The summed E-state index contributed by atoms with van der Waals surface area (Å²) in [7, 11) is 0. The van der Waals surface area contributed by atoms with Gasteiger partial charge in [0.2, 0.25) is 5.91 Å². The van der Waals surface area contributed by atoms with E-state index in [-0.39, 0.29) is 18.5 Å². The van der Waals surface area contributed by atoms with Crippen molar-refractivity contribution in [2.45, 2.75) is 334 Å². The maximum atomic E-state index is 12.5. The van der Waals surface area contributed by atoms with Gasteiger partial charge >= 0.3 is 5.97 Å². The first-order valence-electron chi connectivity index (χ1n) is 29.6. The van der Waals surface area contributed by atoms with E-state index in [1.807, 2.05) is 0 Å². The molecule has 0 aliphatic heterocycles. The van der Waals surface area contributed by atoms with Crippen LogP contribution in [0.1, 0.15) is 322 Å². The van der Waals surface area contributed by atoms with Gasteiger partial charge in [-0.2, -0.15) is 0 Å². The Morgan fingerprint density at radius 1 is 0.424 bits per heavy atom. The third kappa shape index (κ3) is 51.7. The van der Waals surface area contributed by atoms with Gasteiger partial charge in [-0.1, -0.05) is 276 Å². The second kappa shape index (κ2) is 55.9. The van der Waals surface area contributed by atoms with Gasteiger partial charge in [0.1, 0.15) is 0 Å². The van der Waals surface area contributed by atoms with Crippen LogP contribution >= 0.6 is 0 Å². The van der Waals surface area contributed by atoms with Crippen LogP contribution in [0.5, 0.6) is 0 Å². The number of hydrogen-bond donors (Lipinski definition) is 3. The minimum Gasteiger partial charge on any atom is -0.466 e. The Bertz CT molecular complexity index is 1030. The van der Waals surface area contributed by atoms with Crippen molar-refractivity contribution in [3.8, 4) is 0 Å². The summed E-state index contributed by atoms with van der Waals surface area (Å²) < 4.78 is 5.44. The summed E-state index contributed by atoms with van der Waals surface area (Å²) in [6.07, 6.45) is 67.5. The van der Waals surface area contributed by atoms with Gasteiger partial charge in [-0.05, 0) is 57.8 Å². The minimum atomic E-state index is -0.679. The topological polar surface area (TPSA) is 95.9 Å². The third-order valence-electron chi connectivity index (χ3n) is 13.8. The summed E-state index contributed by atoms with van der Waals surface area (Å²) in [4.78, 5) is 24.5. The highest BCUT2D eigenvalue weighted by Gasteiger charge is 2.20. The zero-order valence-corrected chi connectivity index (χ0v) is 44.4. The first-order valence-corrected chi connectivity index (χ1v) is 29.6. The normalized spacial score (nSPS) is 12.7. The molecule has 0 rings (SSSR count). The summed E-state index contributed by atoms with van der Waals surface area (Å²) in [5.74, 6) is -0.0747. The van der Waals surface area contributed by atoms with Gasteiger partial charge in [-0.15, -0.1) is 0 Å². The number of aliphatic hydroxyl groups is 2. The van der Waals surface area contributed by atoms with Gasteiger partial charge in [0.05, 0.1) is 25.4 Å². The van der Waals surface area contributed by atoms with Crippen LogP contribution in [-0.4, -0.2) is 47.4 Å². The summed E-state index contributed by atoms with van der Waals surface area (Å²) in [5, 5.41) is 23.3. The Balaban J connectivity index is 3.51. The molecule has 0 aromatic carbocycles. The molecule has 66 heavy (non-hydrogen) atoms. The Labute approximate surface area is 411 Å². The molecule has 0 saturated carbocycles. The predicted molar refractivity (Wildman–Crippen MR) is 287 cm³/mol. The maximum absolute atomic E-state index is 12.5. The van der Waals surface area contributed by atoms with Crippen LogP contribution in [0, 0.1) is 0 Å². The molecule has 0 aromatic rings. The fraction of sp³-hybridized carbons (Fsp3) is 0.900. The molecule has 2 atom stereocenters. The van der Waals surface area contributed by atoms with Crippen LogP contribution in [-0.2, 0) is 14.3 Å². The van der Waals surface area contributed by atoms with Crippen molar-refractivity contribution in [2.75, 3.05) is 13.2 Å². The molecular formula is C60H115NO5. The van der Waals surface area contributed by atoms with E-state index < -0.39 is 12.1 Å². The standard InChI is InChI=1S/C60H115NO5/c1-3-5-7-9-11-13-15-17-18-19-20-21-22-23-24-26-29-32-36-40-44-48-52-58(63)57(56-62)61-59(64)53-49-45-41-37-33-30-27-25-28-31-35-39-43-47-51-55-66-60(65)54-50-46-42-38-34-16-14-12-10-8-6-4-2/h25,28,31,35,57-58,62-63H,3-24,26-27,29-30,32-34,36-56H2,1-2H3,(H,61,64)/b28-25-,35-31-. The van der Waals surface area contributed by atoms with E-state index in [4.69, 9.17) is 4.74 Å². The van der Waals surface area contributed by atoms with Crippen molar-refractivity contribution in [2.24, 2.45) is 0 Å². The number of ether oxygens (including phenoxy) is 1. The molecule has 6 nitrogen and oxygen atoms in total. The molecule has 3 N–H and O–H groups in total. The molecule has 390 valence electrons.